The number of hydrogen-bond acceptors (Lipinski definition) is 4. The van der Waals surface area contributed by atoms with Crippen molar-refractivity contribution in [1.29, 1.82) is 0 Å². The highest BCUT2D eigenvalue weighted by molar-refractivity contribution is 5.82. The van der Waals surface area contributed by atoms with Crippen molar-refractivity contribution in [3.05, 3.63) is 0 Å². The van der Waals surface area contributed by atoms with Gasteiger partial charge < -0.3 is 14.7 Å². The minimum Gasteiger partial charge on any atom is -0.481 e. The fourth-order valence-corrected chi connectivity index (χ4v) is 1.61. The van der Waals surface area contributed by atoms with Gasteiger partial charge in [0.05, 0.1) is 6.61 Å². The minimum atomic E-state index is -0.923. The summed E-state index contributed by atoms with van der Waals surface area (Å²) in [5, 5.41) is 8.53. The molecule has 19 heavy (non-hydrogen) atoms. The third kappa shape index (κ3) is 9.04. The first kappa shape index (κ1) is 17.4. The van der Waals surface area contributed by atoms with E-state index in [1.54, 1.807) is 6.92 Å². The summed E-state index contributed by atoms with van der Waals surface area (Å²) in [5.74, 6) is -1.33. The van der Waals surface area contributed by atoms with Crippen molar-refractivity contribution in [2.45, 2.75) is 40.0 Å². The molecule has 0 aliphatic rings. The Hall–Kier alpha value is -1.59. The number of esters is 1. The molecule has 0 radical (unpaired) electrons. The number of hydrogen-bond donors (Lipinski definition) is 1. The van der Waals surface area contributed by atoms with E-state index in [0.717, 1.165) is 0 Å². The first-order valence-electron chi connectivity index (χ1n) is 6.52. The minimum absolute atomic E-state index is 0.0410. The maximum absolute atomic E-state index is 11.9. The lowest BCUT2D eigenvalue weighted by atomic mass is 10.1. The zero-order valence-electron chi connectivity index (χ0n) is 11.8. The van der Waals surface area contributed by atoms with Gasteiger partial charge in [-0.15, -0.1) is 0 Å². The third-order valence-electron chi connectivity index (χ3n) is 2.34. The number of carbonyl (C=O) groups is 3. The number of rotatable bonds is 9. The quantitative estimate of drug-likeness (QED) is 0.640. The zero-order valence-corrected chi connectivity index (χ0v) is 11.8. The smallest absolute Gasteiger partial charge is 0.325 e. The van der Waals surface area contributed by atoms with E-state index in [2.05, 4.69) is 0 Å². The molecule has 0 bridgehead atoms. The number of nitrogens with zero attached hydrogens (tertiary/aromatic N) is 1. The molecule has 0 fully saturated rings. The van der Waals surface area contributed by atoms with Crippen molar-refractivity contribution >= 4 is 17.8 Å². The molecular formula is C13H23NO5. The van der Waals surface area contributed by atoms with E-state index in [-0.39, 0.29) is 44.2 Å². The molecule has 0 heterocycles. The fraction of sp³-hybridized carbons (Fsp3) is 0.769. The van der Waals surface area contributed by atoms with E-state index < -0.39 is 11.9 Å². The molecule has 6 heteroatoms. The molecule has 0 aromatic carbocycles. The lowest BCUT2D eigenvalue weighted by Gasteiger charge is -2.23. The number of carbonyl (C=O) groups excluding carboxylic acids is 2. The van der Waals surface area contributed by atoms with Crippen LogP contribution >= 0.6 is 0 Å². The van der Waals surface area contributed by atoms with Crippen molar-refractivity contribution in [3.8, 4) is 0 Å². The monoisotopic (exact) mass is 273 g/mol. The Bertz CT molecular complexity index is 314. The first-order valence-corrected chi connectivity index (χ1v) is 6.52. The maximum Gasteiger partial charge on any atom is 0.325 e. The Balaban J connectivity index is 4.34. The van der Waals surface area contributed by atoms with Gasteiger partial charge in [-0.25, -0.2) is 0 Å². The number of carboxylic acids is 1. The van der Waals surface area contributed by atoms with Crippen LogP contribution in [0.2, 0.25) is 0 Å². The molecule has 0 aromatic heterocycles. The highest BCUT2D eigenvalue weighted by atomic mass is 16.5. The van der Waals surface area contributed by atoms with Crippen LogP contribution < -0.4 is 0 Å². The average molecular weight is 273 g/mol. The van der Waals surface area contributed by atoms with E-state index in [0.29, 0.717) is 6.54 Å². The Morgan fingerprint density at radius 3 is 2.32 bits per heavy atom. The SMILES string of the molecule is CCOC(=O)CN(CC(C)C)C(=O)CCCC(=O)O. The van der Waals surface area contributed by atoms with Crippen LogP contribution in [0, 0.1) is 5.92 Å². The van der Waals surface area contributed by atoms with Crippen LogP contribution in [0.3, 0.4) is 0 Å². The molecule has 1 amide bonds. The molecule has 0 spiro atoms. The Morgan fingerprint density at radius 2 is 1.84 bits per heavy atom. The molecule has 0 aliphatic heterocycles. The number of aliphatic carboxylic acids is 1. The van der Waals surface area contributed by atoms with Crippen molar-refractivity contribution in [1.82, 2.24) is 4.90 Å². The average Bonchev–Trinajstić information content (AvgIpc) is 2.27. The van der Waals surface area contributed by atoms with Crippen molar-refractivity contribution in [3.63, 3.8) is 0 Å². The predicted molar refractivity (Wildman–Crippen MR) is 69.5 cm³/mol. The summed E-state index contributed by atoms with van der Waals surface area (Å²) in [4.78, 5) is 35.2. The number of ether oxygens (including phenoxy) is 1. The molecule has 110 valence electrons. The summed E-state index contributed by atoms with van der Waals surface area (Å²) in [6.07, 6.45) is 0.380. The lowest BCUT2D eigenvalue weighted by Crippen LogP contribution is -2.38. The summed E-state index contributed by atoms with van der Waals surface area (Å²) in [6.45, 7) is 6.27. The van der Waals surface area contributed by atoms with Crippen LogP contribution in [0.5, 0.6) is 0 Å². The Labute approximate surface area is 113 Å². The topological polar surface area (TPSA) is 83.9 Å². The fourth-order valence-electron chi connectivity index (χ4n) is 1.61. The van der Waals surface area contributed by atoms with Crippen molar-refractivity contribution < 1.29 is 24.2 Å². The van der Waals surface area contributed by atoms with E-state index in [1.165, 1.54) is 4.90 Å². The van der Waals surface area contributed by atoms with Crippen molar-refractivity contribution in [2.75, 3.05) is 19.7 Å². The Kier molecular flexibility index (Phi) is 8.57. The highest BCUT2D eigenvalue weighted by Crippen LogP contribution is 2.05. The highest BCUT2D eigenvalue weighted by Gasteiger charge is 2.18. The van der Waals surface area contributed by atoms with Gasteiger partial charge in [0.15, 0.2) is 0 Å². The number of amides is 1. The molecule has 0 aliphatic carbocycles. The van der Waals surface area contributed by atoms with Gasteiger partial charge in [0, 0.05) is 19.4 Å². The third-order valence-corrected chi connectivity index (χ3v) is 2.34. The summed E-state index contributed by atoms with van der Waals surface area (Å²) < 4.78 is 4.82. The molecule has 0 rings (SSSR count). The van der Waals surface area contributed by atoms with Crippen LogP contribution in [-0.2, 0) is 19.1 Å². The summed E-state index contributed by atoms with van der Waals surface area (Å²) in [7, 11) is 0. The number of carboxylic acid groups (broad SMARTS) is 1. The van der Waals surface area contributed by atoms with Crippen molar-refractivity contribution in [2.24, 2.45) is 5.92 Å². The van der Waals surface area contributed by atoms with Gasteiger partial charge in [-0.05, 0) is 19.3 Å². The normalized spacial score (nSPS) is 10.3. The van der Waals surface area contributed by atoms with Gasteiger partial charge in [0.2, 0.25) is 5.91 Å². The second-order valence-corrected chi connectivity index (χ2v) is 4.72. The predicted octanol–water partition coefficient (Wildman–Crippen LogP) is 1.29. The van der Waals surface area contributed by atoms with Gasteiger partial charge in [-0.3, -0.25) is 14.4 Å². The van der Waals surface area contributed by atoms with E-state index >= 15 is 0 Å². The summed E-state index contributed by atoms with van der Waals surface area (Å²) in [5.41, 5.74) is 0. The van der Waals surface area contributed by atoms with Crippen LogP contribution in [0.1, 0.15) is 40.0 Å². The second-order valence-electron chi connectivity index (χ2n) is 4.72. The van der Waals surface area contributed by atoms with E-state index in [1.807, 2.05) is 13.8 Å². The van der Waals surface area contributed by atoms with Crippen LogP contribution in [0.25, 0.3) is 0 Å². The van der Waals surface area contributed by atoms with Gasteiger partial charge in [-0.2, -0.15) is 0 Å². The molecule has 6 nitrogen and oxygen atoms in total. The van der Waals surface area contributed by atoms with E-state index in [9.17, 15) is 14.4 Å². The maximum atomic E-state index is 11.9. The summed E-state index contributed by atoms with van der Waals surface area (Å²) in [6, 6.07) is 0. The van der Waals surface area contributed by atoms with Crippen LogP contribution in [0.15, 0.2) is 0 Å². The van der Waals surface area contributed by atoms with E-state index in [4.69, 9.17) is 9.84 Å². The largest absolute Gasteiger partial charge is 0.481 e. The van der Waals surface area contributed by atoms with Crippen LogP contribution in [0.4, 0.5) is 0 Å². The standard InChI is InChI=1S/C13H23NO5/c1-4-19-13(18)9-14(8-10(2)3)11(15)6-5-7-12(16)17/h10H,4-9H2,1-3H3,(H,16,17). The molecule has 0 unspecified atom stereocenters. The van der Waals surface area contributed by atoms with Crippen LogP contribution in [-0.4, -0.2) is 47.5 Å². The lowest BCUT2D eigenvalue weighted by molar-refractivity contribution is -0.149. The molecule has 0 atom stereocenters. The molecule has 0 saturated carbocycles. The first-order chi connectivity index (χ1) is 8.86. The van der Waals surface area contributed by atoms with Gasteiger partial charge >= 0.3 is 11.9 Å². The molecule has 0 aromatic rings. The van der Waals surface area contributed by atoms with Gasteiger partial charge in [0.1, 0.15) is 6.54 Å². The van der Waals surface area contributed by atoms with Gasteiger partial charge in [0.25, 0.3) is 0 Å². The summed E-state index contributed by atoms with van der Waals surface area (Å²) >= 11 is 0. The Morgan fingerprint density at radius 1 is 1.21 bits per heavy atom. The molecule has 0 saturated heterocycles. The second kappa shape index (κ2) is 9.35. The molecule has 1 N–H and O–H groups in total. The van der Waals surface area contributed by atoms with Gasteiger partial charge in [-0.1, -0.05) is 13.8 Å². The zero-order chi connectivity index (χ0) is 14.8. The molecular weight excluding hydrogens is 250 g/mol.